The average molecular weight is 327 g/mol. The zero-order valence-electron chi connectivity index (χ0n) is 11.8. The number of anilines is 1. The number of carbonyl (C=O) groups excluding carboxylic acids is 1. The number of hydrogen-bond donors (Lipinski definition) is 0. The molecule has 2 aromatic rings. The molecule has 1 heterocycles. The van der Waals surface area contributed by atoms with Crippen molar-refractivity contribution in [3.05, 3.63) is 29.6 Å². The summed E-state index contributed by atoms with van der Waals surface area (Å²) in [5.74, 6) is -0.150. The molecule has 0 fully saturated rings. The third-order valence-corrected chi connectivity index (χ3v) is 4.79. The van der Waals surface area contributed by atoms with Gasteiger partial charge in [0.1, 0.15) is 11.6 Å². The monoisotopic (exact) mass is 327 g/mol. The van der Waals surface area contributed by atoms with E-state index in [-0.39, 0.29) is 17.1 Å². The van der Waals surface area contributed by atoms with E-state index in [1.54, 1.807) is 0 Å². The zero-order valence-corrected chi connectivity index (χ0v) is 13.4. The van der Waals surface area contributed by atoms with Crippen LogP contribution in [0.25, 0.3) is 0 Å². The molecule has 0 aliphatic carbocycles. The molecule has 0 radical (unpaired) electrons. The van der Waals surface area contributed by atoms with Crippen molar-refractivity contribution in [3.8, 4) is 5.75 Å². The molecule has 0 aliphatic rings. The van der Waals surface area contributed by atoms with Gasteiger partial charge in [0.25, 0.3) is 0 Å². The fraction of sp³-hybridized carbons (Fsp3) is 0.308. The summed E-state index contributed by atoms with van der Waals surface area (Å²) in [7, 11) is 5.20. The predicted octanol–water partition coefficient (Wildman–Crippen LogP) is 2.73. The van der Waals surface area contributed by atoms with Gasteiger partial charge in [0, 0.05) is 14.1 Å². The quantitative estimate of drug-likeness (QED) is 0.601. The molecule has 0 amide bonds. The van der Waals surface area contributed by atoms with Crippen LogP contribution in [-0.2, 0) is 0 Å². The minimum Gasteiger partial charge on any atom is -0.496 e. The van der Waals surface area contributed by atoms with Crippen molar-refractivity contribution in [3.63, 3.8) is 0 Å². The maximum absolute atomic E-state index is 13.3. The van der Waals surface area contributed by atoms with Crippen LogP contribution in [0.5, 0.6) is 5.75 Å². The van der Waals surface area contributed by atoms with Crippen LogP contribution in [-0.4, -0.2) is 42.9 Å². The van der Waals surface area contributed by atoms with Crippen LogP contribution >= 0.6 is 23.1 Å². The summed E-state index contributed by atoms with van der Waals surface area (Å²) < 4.78 is 19.0. The summed E-state index contributed by atoms with van der Waals surface area (Å²) in [5.41, 5.74) is 0.238. The van der Waals surface area contributed by atoms with Crippen LogP contribution in [0.15, 0.2) is 22.5 Å². The number of rotatable bonds is 6. The van der Waals surface area contributed by atoms with Gasteiger partial charge in [-0.1, -0.05) is 23.1 Å². The number of methoxy groups -OCH3 is 1. The smallest absolute Gasteiger partial charge is 0.208 e. The minimum absolute atomic E-state index is 0.155. The average Bonchev–Trinajstić information content (AvgIpc) is 2.94. The molecule has 0 saturated carbocycles. The zero-order chi connectivity index (χ0) is 15.4. The van der Waals surface area contributed by atoms with Gasteiger partial charge >= 0.3 is 0 Å². The Morgan fingerprint density at radius 2 is 2.19 bits per heavy atom. The molecule has 112 valence electrons. The highest BCUT2D eigenvalue weighted by Crippen LogP contribution is 2.28. The molecular formula is C13H14FN3O2S2. The van der Waals surface area contributed by atoms with Crippen LogP contribution < -0.4 is 9.64 Å². The fourth-order valence-electron chi connectivity index (χ4n) is 1.54. The van der Waals surface area contributed by atoms with Crippen LogP contribution in [0.2, 0.25) is 0 Å². The second kappa shape index (κ2) is 6.86. The standard InChI is InChI=1S/C13H14FN3O2S2/c1-17(2)12-15-16-13(21-12)20-7-10(18)9-6-8(14)4-5-11(9)19-3/h4-6H,7H2,1-3H3. The lowest BCUT2D eigenvalue weighted by Gasteiger charge is -2.06. The minimum atomic E-state index is -0.463. The van der Waals surface area contributed by atoms with Gasteiger partial charge in [-0.15, -0.1) is 10.2 Å². The summed E-state index contributed by atoms with van der Waals surface area (Å²) in [6.07, 6.45) is 0. The van der Waals surface area contributed by atoms with E-state index in [4.69, 9.17) is 4.74 Å². The number of ketones is 1. The van der Waals surface area contributed by atoms with E-state index in [1.165, 1.54) is 48.4 Å². The SMILES string of the molecule is COc1ccc(F)cc1C(=O)CSc1nnc(N(C)C)s1. The van der Waals surface area contributed by atoms with Crippen LogP contribution in [0.3, 0.4) is 0 Å². The fourth-order valence-corrected chi connectivity index (χ4v) is 3.19. The summed E-state index contributed by atoms with van der Waals surface area (Å²) in [6.45, 7) is 0. The van der Waals surface area contributed by atoms with Crippen molar-refractivity contribution in [1.82, 2.24) is 10.2 Å². The molecule has 5 nitrogen and oxygen atoms in total. The van der Waals surface area contributed by atoms with Gasteiger partial charge in [-0.2, -0.15) is 0 Å². The van der Waals surface area contributed by atoms with Crippen molar-refractivity contribution in [2.45, 2.75) is 4.34 Å². The molecule has 0 spiro atoms. The Hall–Kier alpha value is -1.67. The number of carbonyl (C=O) groups is 1. The van der Waals surface area contributed by atoms with Crippen molar-refractivity contribution >= 4 is 34.0 Å². The van der Waals surface area contributed by atoms with Crippen molar-refractivity contribution in [2.75, 3.05) is 31.9 Å². The topological polar surface area (TPSA) is 55.3 Å². The first-order valence-corrected chi connectivity index (χ1v) is 7.82. The normalized spacial score (nSPS) is 10.5. The third-order valence-electron chi connectivity index (χ3n) is 2.57. The summed E-state index contributed by atoms with van der Waals surface area (Å²) in [4.78, 5) is 14.0. The van der Waals surface area contributed by atoms with Gasteiger partial charge < -0.3 is 9.64 Å². The highest BCUT2D eigenvalue weighted by atomic mass is 32.2. The molecule has 1 aromatic carbocycles. The third kappa shape index (κ3) is 3.92. The van der Waals surface area contributed by atoms with E-state index in [0.29, 0.717) is 10.1 Å². The van der Waals surface area contributed by atoms with E-state index in [0.717, 1.165) is 5.13 Å². The lowest BCUT2D eigenvalue weighted by atomic mass is 10.1. The number of Topliss-reactive ketones (excluding diaryl/α,β-unsaturated/α-hetero) is 1. The first kappa shape index (κ1) is 15.7. The largest absolute Gasteiger partial charge is 0.496 e. The lowest BCUT2D eigenvalue weighted by Crippen LogP contribution is -2.07. The highest BCUT2D eigenvalue weighted by molar-refractivity contribution is 8.01. The lowest BCUT2D eigenvalue weighted by molar-refractivity contribution is 0.101. The predicted molar refractivity (Wildman–Crippen MR) is 82.2 cm³/mol. The number of hydrogen-bond acceptors (Lipinski definition) is 7. The van der Waals surface area contributed by atoms with Gasteiger partial charge in [0.05, 0.1) is 18.4 Å². The number of benzene rings is 1. The molecule has 0 unspecified atom stereocenters. The van der Waals surface area contributed by atoms with Crippen LogP contribution in [0.4, 0.5) is 9.52 Å². The Balaban J connectivity index is 2.06. The maximum Gasteiger partial charge on any atom is 0.208 e. The van der Waals surface area contributed by atoms with E-state index < -0.39 is 5.82 Å². The first-order valence-electron chi connectivity index (χ1n) is 6.01. The van der Waals surface area contributed by atoms with Crippen molar-refractivity contribution in [2.24, 2.45) is 0 Å². The van der Waals surface area contributed by atoms with E-state index in [1.807, 2.05) is 19.0 Å². The summed E-state index contributed by atoms with van der Waals surface area (Å²) in [6, 6.07) is 3.90. The maximum atomic E-state index is 13.3. The van der Waals surface area contributed by atoms with Gasteiger partial charge in [0.15, 0.2) is 10.1 Å². The Bertz CT molecular complexity index is 646. The number of thioether (sulfide) groups is 1. The van der Waals surface area contributed by atoms with Gasteiger partial charge in [0.2, 0.25) is 5.13 Å². The van der Waals surface area contributed by atoms with Gasteiger partial charge in [-0.05, 0) is 18.2 Å². The van der Waals surface area contributed by atoms with Crippen molar-refractivity contribution < 1.29 is 13.9 Å². The molecule has 0 N–H and O–H groups in total. The highest BCUT2D eigenvalue weighted by Gasteiger charge is 2.15. The molecular weight excluding hydrogens is 313 g/mol. The molecule has 21 heavy (non-hydrogen) atoms. The Labute approximate surface area is 130 Å². The number of ether oxygens (including phenoxy) is 1. The summed E-state index contributed by atoms with van der Waals surface area (Å²) >= 11 is 2.68. The molecule has 0 atom stereocenters. The van der Waals surface area contributed by atoms with Gasteiger partial charge in [-0.25, -0.2) is 4.39 Å². The van der Waals surface area contributed by atoms with E-state index in [2.05, 4.69) is 10.2 Å². The second-order valence-corrected chi connectivity index (χ2v) is 6.48. The van der Waals surface area contributed by atoms with Gasteiger partial charge in [-0.3, -0.25) is 4.79 Å². The Morgan fingerprint density at radius 1 is 1.43 bits per heavy atom. The second-order valence-electron chi connectivity index (χ2n) is 4.30. The van der Waals surface area contributed by atoms with Crippen molar-refractivity contribution in [1.29, 1.82) is 0 Å². The number of halogens is 1. The molecule has 0 bridgehead atoms. The summed E-state index contributed by atoms with van der Waals surface area (Å²) in [5, 5.41) is 8.76. The molecule has 2 rings (SSSR count). The first-order chi connectivity index (χ1) is 10.0. The Morgan fingerprint density at radius 3 is 2.81 bits per heavy atom. The molecule has 1 aromatic heterocycles. The number of aromatic nitrogens is 2. The molecule has 8 heteroatoms. The number of nitrogens with zero attached hydrogens (tertiary/aromatic N) is 3. The van der Waals surface area contributed by atoms with E-state index in [9.17, 15) is 9.18 Å². The molecule has 0 saturated heterocycles. The van der Waals surface area contributed by atoms with Crippen LogP contribution in [0.1, 0.15) is 10.4 Å². The van der Waals surface area contributed by atoms with E-state index >= 15 is 0 Å². The molecule has 0 aliphatic heterocycles. The van der Waals surface area contributed by atoms with Crippen LogP contribution in [0, 0.1) is 5.82 Å². The Kier molecular flexibility index (Phi) is 5.13.